The Kier molecular flexibility index (Phi) is 5.02. The molecule has 144 valence electrons. The van der Waals surface area contributed by atoms with Crippen molar-refractivity contribution in [2.24, 2.45) is 0 Å². The van der Waals surface area contributed by atoms with E-state index in [1.54, 1.807) is 22.7 Å². The molecule has 9 nitrogen and oxygen atoms in total. The van der Waals surface area contributed by atoms with Gasteiger partial charge in [0, 0.05) is 23.4 Å². The molecule has 0 aliphatic carbocycles. The highest BCUT2D eigenvalue weighted by atomic mass is 35.5. The summed E-state index contributed by atoms with van der Waals surface area (Å²) in [4.78, 5) is 23.2. The molecule has 0 fully saturated rings. The van der Waals surface area contributed by atoms with E-state index in [0.29, 0.717) is 16.2 Å². The molecular formula is C18H11ClN6O3S. The molecule has 0 atom stereocenters. The maximum absolute atomic E-state index is 12.1. The lowest BCUT2D eigenvalue weighted by molar-refractivity contribution is -0.384. The van der Waals surface area contributed by atoms with Crippen molar-refractivity contribution < 1.29 is 9.72 Å². The lowest BCUT2D eigenvalue weighted by Crippen LogP contribution is -2.07. The molecule has 4 rings (SSSR count). The van der Waals surface area contributed by atoms with E-state index < -0.39 is 4.92 Å². The molecule has 0 unspecified atom stereocenters. The molecule has 29 heavy (non-hydrogen) atoms. The molecule has 2 aromatic heterocycles. The van der Waals surface area contributed by atoms with Crippen LogP contribution in [0.3, 0.4) is 0 Å². The van der Waals surface area contributed by atoms with Crippen LogP contribution in [-0.4, -0.2) is 30.6 Å². The number of nitrogens with one attached hydrogen (secondary N) is 1. The summed E-state index contributed by atoms with van der Waals surface area (Å²) >= 11 is 7.19. The third kappa shape index (κ3) is 4.13. The van der Waals surface area contributed by atoms with Gasteiger partial charge in [0.2, 0.25) is 10.9 Å². The summed E-state index contributed by atoms with van der Waals surface area (Å²) in [7, 11) is 0. The minimum Gasteiger partial charge on any atom is -0.323 e. The second kappa shape index (κ2) is 7.78. The van der Waals surface area contributed by atoms with E-state index in [4.69, 9.17) is 11.6 Å². The van der Waals surface area contributed by atoms with Gasteiger partial charge in [-0.25, -0.2) is 0 Å². The fraction of sp³-hybridized carbons (Fsp3) is 0. The van der Waals surface area contributed by atoms with Gasteiger partial charge in [0.25, 0.3) is 5.69 Å². The Balaban J connectivity index is 1.43. The molecule has 1 N–H and O–H groups in total. The van der Waals surface area contributed by atoms with E-state index in [2.05, 4.69) is 20.6 Å². The smallest absolute Gasteiger partial charge is 0.288 e. The van der Waals surface area contributed by atoms with E-state index in [1.807, 2.05) is 12.1 Å². The molecular weight excluding hydrogens is 416 g/mol. The number of rotatable bonds is 5. The average Bonchev–Trinajstić information content (AvgIpc) is 3.30. The Morgan fingerprint density at radius 3 is 2.76 bits per heavy atom. The number of amides is 1. The quantitative estimate of drug-likeness (QED) is 0.292. The van der Waals surface area contributed by atoms with Gasteiger partial charge in [0.05, 0.1) is 4.92 Å². The van der Waals surface area contributed by atoms with E-state index >= 15 is 0 Å². The number of nitro groups is 1. The summed E-state index contributed by atoms with van der Waals surface area (Å²) in [5.74, 6) is -0.367. The van der Waals surface area contributed by atoms with Crippen LogP contribution >= 0.6 is 22.9 Å². The number of benzene rings is 2. The van der Waals surface area contributed by atoms with E-state index in [0.717, 1.165) is 10.6 Å². The Morgan fingerprint density at radius 2 is 2.03 bits per heavy atom. The van der Waals surface area contributed by atoms with E-state index in [1.165, 1.54) is 41.9 Å². The van der Waals surface area contributed by atoms with Gasteiger partial charge in [-0.2, -0.15) is 9.61 Å². The summed E-state index contributed by atoms with van der Waals surface area (Å²) in [5, 5.41) is 26.6. The minimum atomic E-state index is -0.572. The summed E-state index contributed by atoms with van der Waals surface area (Å²) in [5.41, 5.74) is 1.78. The van der Waals surface area contributed by atoms with Crippen molar-refractivity contribution >= 4 is 51.3 Å². The van der Waals surface area contributed by atoms with Gasteiger partial charge in [-0.05, 0) is 42.0 Å². The maximum Gasteiger partial charge on any atom is 0.288 e. The molecule has 0 spiro atoms. The van der Waals surface area contributed by atoms with Gasteiger partial charge < -0.3 is 5.32 Å². The number of halogens is 1. The summed E-state index contributed by atoms with van der Waals surface area (Å²) in [6.45, 7) is 0. The number of hydrogen-bond acceptors (Lipinski definition) is 7. The van der Waals surface area contributed by atoms with Crippen molar-refractivity contribution in [2.45, 2.75) is 0 Å². The van der Waals surface area contributed by atoms with E-state index in [9.17, 15) is 14.9 Å². The monoisotopic (exact) mass is 426 g/mol. The van der Waals surface area contributed by atoms with E-state index in [-0.39, 0.29) is 16.6 Å². The first-order valence-corrected chi connectivity index (χ1v) is 9.39. The summed E-state index contributed by atoms with van der Waals surface area (Å²) in [6.07, 6.45) is 4.31. The normalized spacial score (nSPS) is 11.2. The first-order chi connectivity index (χ1) is 14.0. The van der Waals surface area contributed by atoms with Crippen molar-refractivity contribution in [2.75, 3.05) is 5.32 Å². The molecule has 0 aliphatic rings. The number of fused-ring (bicyclic) bond motifs is 1. The van der Waals surface area contributed by atoms with Crippen LogP contribution in [0.5, 0.6) is 0 Å². The number of hydrogen-bond donors (Lipinski definition) is 1. The lowest BCUT2D eigenvalue weighted by atomic mass is 10.2. The summed E-state index contributed by atoms with van der Waals surface area (Å²) < 4.78 is 1.60. The standard InChI is InChI=1S/C18H11ClN6O3S/c19-14-7-1-11(9-15(14)25(27)28)2-8-16(26)21-13-5-3-12(4-6-13)17-23-24-10-20-22-18(24)29-17/h1-10H,(H,21,26). The minimum absolute atomic E-state index is 0.0431. The van der Waals surface area contributed by atoms with Gasteiger partial charge in [-0.3, -0.25) is 14.9 Å². The predicted molar refractivity (Wildman–Crippen MR) is 110 cm³/mol. The van der Waals surface area contributed by atoms with Crippen molar-refractivity contribution in [3.05, 3.63) is 75.6 Å². The zero-order chi connectivity index (χ0) is 20.4. The Morgan fingerprint density at radius 1 is 1.24 bits per heavy atom. The van der Waals surface area contributed by atoms with Gasteiger partial charge >= 0.3 is 0 Å². The van der Waals surface area contributed by atoms with Crippen LogP contribution < -0.4 is 5.32 Å². The second-order valence-electron chi connectivity index (χ2n) is 5.83. The number of nitrogens with zero attached hydrogens (tertiary/aromatic N) is 5. The fourth-order valence-electron chi connectivity index (χ4n) is 2.50. The SMILES string of the molecule is O=C(C=Cc1ccc(Cl)c([N+](=O)[O-])c1)Nc1ccc(-c2nn3cnnc3s2)cc1. The van der Waals surface area contributed by atoms with Crippen molar-refractivity contribution in [3.8, 4) is 10.6 Å². The first-order valence-electron chi connectivity index (χ1n) is 8.20. The number of anilines is 1. The third-order valence-electron chi connectivity index (χ3n) is 3.88. The zero-order valence-electron chi connectivity index (χ0n) is 14.5. The molecule has 11 heteroatoms. The molecule has 0 saturated heterocycles. The average molecular weight is 427 g/mol. The summed E-state index contributed by atoms with van der Waals surface area (Å²) in [6, 6.07) is 11.5. The number of carbonyl (C=O) groups excluding carboxylic acids is 1. The Hall–Kier alpha value is -3.63. The van der Waals surface area contributed by atoms with Crippen LogP contribution in [-0.2, 0) is 4.79 Å². The highest BCUT2D eigenvalue weighted by Crippen LogP contribution is 2.27. The second-order valence-corrected chi connectivity index (χ2v) is 7.20. The topological polar surface area (TPSA) is 115 Å². The molecule has 4 aromatic rings. The highest BCUT2D eigenvalue weighted by Gasteiger charge is 2.12. The lowest BCUT2D eigenvalue weighted by Gasteiger charge is -2.03. The molecule has 0 radical (unpaired) electrons. The van der Waals surface area contributed by atoms with Crippen molar-refractivity contribution in [1.82, 2.24) is 19.8 Å². The van der Waals surface area contributed by atoms with Gasteiger partial charge in [-0.15, -0.1) is 10.2 Å². The largest absolute Gasteiger partial charge is 0.323 e. The Labute approximate surface area is 172 Å². The van der Waals surface area contributed by atoms with Gasteiger partial charge in [-0.1, -0.05) is 29.0 Å². The number of nitro benzene ring substituents is 1. The van der Waals surface area contributed by atoms with Gasteiger partial charge in [0.15, 0.2) is 0 Å². The van der Waals surface area contributed by atoms with Crippen molar-refractivity contribution in [1.29, 1.82) is 0 Å². The van der Waals surface area contributed by atoms with Crippen LogP contribution in [0.25, 0.3) is 21.6 Å². The predicted octanol–water partition coefficient (Wildman–Crippen LogP) is 4.07. The van der Waals surface area contributed by atoms with Crippen LogP contribution in [0.15, 0.2) is 54.9 Å². The van der Waals surface area contributed by atoms with Gasteiger partial charge in [0.1, 0.15) is 16.4 Å². The Bertz CT molecular complexity index is 1220. The zero-order valence-corrected chi connectivity index (χ0v) is 16.1. The maximum atomic E-state index is 12.1. The highest BCUT2D eigenvalue weighted by molar-refractivity contribution is 7.19. The molecule has 0 bridgehead atoms. The molecule has 0 aliphatic heterocycles. The van der Waals surface area contributed by atoms with Crippen molar-refractivity contribution in [3.63, 3.8) is 0 Å². The van der Waals surface area contributed by atoms with Crippen LogP contribution in [0, 0.1) is 10.1 Å². The fourth-order valence-corrected chi connectivity index (χ4v) is 3.51. The number of aromatic nitrogens is 4. The third-order valence-corrected chi connectivity index (χ3v) is 5.16. The van der Waals surface area contributed by atoms with Crippen LogP contribution in [0.1, 0.15) is 5.56 Å². The number of carbonyl (C=O) groups is 1. The molecule has 0 saturated carbocycles. The molecule has 2 aromatic carbocycles. The molecule has 1 amide bonds. The van der Waals surface area contributed by atoms with Crippen LogP contribution in [0.2, 0.25) is 5.02 Å². The first kappa shape index (κ1) is 18.7. The van der Waals surface area contributed by atoms with Crippen LogP contribution in [0.4, 0.5) is 11.4 Å². The molecule has 2 heterocycles.